The molecule has 1 aliphatic rings. The van der Waals surface area contributed by atoms with Gasteiger partial charge in [0.1, 0.15) is 6.61 Å². The average Bonchev–Trinajstić information content (AvgIpc) is 2.75. The number of rotatable bonds is 6. The summed E-state index contributed by atoms with van der Waals surface area (Å²) in [5.74, 6) is -0.833. The highest BCUT2D eigenvalue weighted by atomic mass is 16.5. The predicted molar refractivity (Wildman–Crippen MR) is 116 cm³/mol. The molecule has 0 saturated carbocycles. The zero-order valence-electron chi connectivity index (χ0n) is 17.5. The van der Waals surface area contributed by atoms with Crippen LogP contribution in [0.2, 0.25) is 0 Å². The summed E-state index contributed by atoms with van der Waals surface area (Å²) in [6.45, 7) is 6.56. The van der Waals surface area contributed by atoms with E-state index in [2.05, 4.69) is 40.0 Å². The van der Waals surface area contributed by atoms with Crippen molar-refractivity contribution in [1.82, 2.24) is 4.90 Å². The minimum absolute atomic E-state index is 0.246. The highest BCUT2D eigenvalue weighted by Crippen LogP contribution is 2.05. The number of carbonyl (C=O) groups excluding carboxylic acids is 1. The van der Waals surface area contributed by atoms with E-state index < -0.39 is 12.1 Å². The Morgan fingerprint density at radius 1 is 1.00 bits per heavy atom. The van der Waals surface area contributed by atoms with Crippen molar-refractivity contribution < 1.29 is 24.2 Å². The third-order valence-electron chi connectivity index (χ3n) is 4.11. The van der Waals surface area contributed by atoms with E-state index in [1.165, 1.54) is 24.9 Å². The Bertz CT molecular complexity index is 700. The Morgan fingerprint density at radius 3 is 2.00 bits per heavy atom. The second-order valence-corrected chi connectivity index (χ2v) is 6.66. The summed E-state index contributed by atoms with van der Waals surface area (Å²) < 4.78 is 9.89. The zero-order chi connectivity index (χ0) is 22.0. The third kappa shape index (κ3) is 14.1. The second-order valence-electron chi connectivity index (χ2n) is 6.66. The molecule has 0 atom stereocenters. The van der Waals surface area contributed by atoms with E-state index in [-0.39, 0.29) is 6.61 Å². The maximum absolute atomic E-state index is 10.2. The first-order valence-electron chi connectivity index (χ1n) is 9.97. The monoisotopic (exact) mass is 416 g/mol. The maximum Gasteiger partial charge on any atom is 0.404 e. The highest BCUT2D eigenvalue weighted by Gasteiger charge is 2.08. The standard InChI is InChI=1S/C13H19NO.C8H9NO2.C2H4O2/c1-2-5-13(6-3-1)7-4-8-14-9-11-15-12-10-14;9-8(10)11-6-7-4-2-1-3-5-7;1-2(3)4/h1-3,5-6H,4,7-12H2;1-5H,6H2,(H2,9,10);1H3,(H,3,4). The lowest BCUT2D eigenvalue weighted by Gasteiger charge is -2.26. The van der Waals surface area contributed by atoms with E-state index in [0.29, 0.717) is 0 Å². The summed E-state index contributed by atoms with van der Waals surface area (Å²) in [4.78, 5) is 21.7. The average molecular weight is 417 g/mol. The van der Waals surface area contributed by atoms with Crippen LogP contribution in [0, 0.1) is 0 Å². The van der Waals surface area contributed by atoms with Crippen molar-refractivity contribution in [2.75, 3.05) is 32.8 Å². The largest absolute Gasteiger partial charge is 0.481 e. The van der Waals surface area contributed by atoms with Gasteiger partial charge in [0, 0.05) is 20.0 Å². The van der Waals surface area contributed by atoms with Crippen molar-refractivity contribution in [3.05, 3.63) is 71.8 Å². The van der Waals surface area contributed by atoms with Gasteiger partial charge in [-0.1, -0.05) is 60.7 Å². The van der Waals surface area contributed by atoms with Gasteiger partial charge in [-0.15, -0.1) is 0 Å². The number of carbonyl (C=O) groups is 2. The SMILES string of the molecule is CC(=O)O.NC(=O)OCc1ccccc1.c1ccc(CCCN2CCOCC2)cc1. The minimum Gasteiger partial charge on any atom is -0.481 e. The van der Waals surface area contributed by atoms with Gasteiger partial charge >= 0.3 is 6.09 Å². The number of benzene rings is 2. The Hall–Kier alpha value is -2.90. The summed E-state index contributed by atoms with van der Waals surface area (Å²) >= 11 is 0. The first kappa shape index (κ1) is 25.1. The van der Waals surface area contributed by atoms with Crippen molar-refractivity contribution in [3.63, 3.8) is 0 Å². The van der Waals surface area contributed by atoms with Crippen LogP contribution in [0.25, 0.3) is 0 Å². The van der Waals surface area contributed by atoms with Gasteiger partial charge in [0.05, 0.1) is 13.2 Å². The van der Waals surface area contributed by atoms with Crippen molar-refractivity contribution in [3.8, 4) is 0 Å². The lowest BCUT2D eigenvalue weighted by molar-refractivity contribution is -0.134. The van der Waals surface area contributed by atoms with Crippen LogP contribution in [0.15, 0.2) is 60.7 Å². The molecule has 3 N–H and O–H groups in total. The molecule has 0 radical (unpaired) electrons. The number of hydrogen-bond donors (Lipinski definition) is 2. The van der Waals surface area contributed by atoms with Crippen LogP contribution in [0.1, 0.15) is 24.5 Å². The number of nitrogens with zero attached hydrogens (tertiary/aromatic N) is 1. The summed E-state index contributed by atoms with van der Waals surface area (Å²) in [5.41, 5.74) is 7.17. The normalized spacial score (nSPS) is 13.1. The summed E-state index contributed by atoms with van der Waals surface area (Å²) in [5, 5.41) is 7.42. The van der Waals surface area contributed by atoms with E-state index >= 15 is 0 Å². The molecular weight excluding hydrogens is 384 g/mol. The molecule has 7 nitrogen and oxygen atoms in total. The van der Waals surface area contributed by atoms with E-state index in [0.717, 1.165) is 38.8 Å². The van der Waals surface area contributed by atoms with Crippen LogP contribution in [0.5, 0.6) is 0 Å². The van der Waals surface area contributed by atoms with Crippen LogP contribution < -0.4 is 5.73 Å². The predicted octanol–water partition coefficient (Wildman–Crippen LogP) is 3.32. The van der Waals surface area contributed by atoms with Gasteiger partial charge in [0.25, 0.3) is 5.97 Å². The van der Waals surface area contributed by atoms with Gasteiger partial charge in [-0.3, -0.25) is 9.69 Å². The number of carboxylic acid groups (broad SMARTS) is 1. The Balaban J connectivity index is 0.000000264. The van der Waals surface area contributed by atoms with Gasteiger partial charge in [-0.05, 0) is 30.5 Å². The number of aryl methyl sites for hydroxylation is 1. The molecule has 0 spiro atoms. The molecule has 1 saturated heterocycles. The number of carboxylic acids is 1. The van der Waals surface area contributed by atoms with Gasteiger partial charge in [0.2, 0.25) is 0 Å². The third-order valence-corrected chi connectivity index (χ3v) is 4.11. The van der Waals surface area contributed by atoms with Crippen molar-refractivity contribution >= 4 is 12.1 Å². The topological polar surface area (TPSA) is 102 Å². The molecule has 1 aliphatic heterocycles. The molecule has 164 valence electrons. The van der Waals surface area contributed by atoms with Crippen LogP contribution in [-0.2, 0) is 27.3 Å². The Labute approximate surface area is 178 Å². The molecule has 30 heavy (non-hydrogen) atoms. The van der Waals surface area contributed by atoms with Crippen molar-refractivity contribution in [2.45, 2.75) is 26.4 Å². The fourth-order valence-electron chi connectivity index (χ4n) is 2.70. The molecule has 0 bridgehead atoms. The molecule has 0 aliphatic carbocycles. The number of nitrogens with two attached hydrogens (primary N) is 1. The lowest BCUT2D eigenvalue weighted by Crippen LogP contribution is -2.36. The number of amides is 1. The Morgan fingerprint density at radius 2 is 1.50 bits per heavy atom. The van der Waals surface area contributed by atoms with Crippen LogP contribution in [0.4, 0.5) is 4.79 Å². The minimum atomic E-state index is -0.833. The van der Waals surface area contributed by atoms with Gasteiger partial charge in [-0.25, -0.2) is 4.79 Å². The van der Waals surface area contributed by atoms with Gasteiger partial charge < -0.3 is 20.3 Å². The molecule has 7 heteroatoms. The smallest absolute Gasteiger partial charge is 0.404 e. The van der Waals surface area contributed by atoms with E-state index in [1.807, 2.05) is 30.3 Å². The van der Waals surface area contributed by atoms with Crippen LogP contribution in [0.3, 0.4) is 0 Å². The van der Waals surface area contributed by atoms with E-state index in [1.54, 1.807) is 0 Å². The molecule has 2 aromatic carbocycles. The van der Waals surface area contributed by atoms with Gasteiger partial charge in [-0.2, -0.15) is 0 Å². The van der Waals surface area contributed by atoms with E-state index in [9.17, 15) is 4.79 Å². The molecule has 3 rings (SSSR count). The molecule has 1 fully saturated rings. The quantitative estimate of drug-likeness (QED) is 0.749. The van der Waals surface area contributed by atoms with Crippen LogP contribution >= 0.6 is 0 Å². The first-order valence-corrected chi connectivity index (χ1v) is 9.97. The molecule has 0 aromatic heterocycles. The fourth-order valence-corrected chi connectivity index (χ4v) is 2.70. The Kier molecular flexibility index (Phi) is 13.4. The molecule has 1 heterocycles. The van der Waals surface area contributed by atoms with E-state index in [4.69, 9.17) is 20.4 Å². The fraction of sp³-hybridized carbons (Fsp3) is 0.391. The van der Waals surface area contributed by atoms with Crippen LogP contribution in [-0.4, -0.2) is 54.9 Å². The zero-order valence-corrected chi connectivity index (χ0v) is 17.5. The second kappa shape index (κ2) is 16.0. The number of aliphatic carboxylic acids is 1. The summed E-state index contributed by atoms with van der Waals surface area (Å²) in [7, 11) is 0. The van der Waals surface area contributed by atoms with Crippen molar-refractivity contribution in [1.29, 1.82) is 0 Å². The molecule has 1 amide bonds. The number of morpholine rings is 1. The lowest BCUT2D eigenvalue weighted by atomic mass is 10.1. The highest BCUT2D eigenvalue weighted by molar-refractivity contribution is 5.64. The maximum atomic E-state index is 10.2. The summed E-state index contributed by atoms with van der Waals surface area (Å²) in [6.07, 6.45) is 1.70. The molecule has 2 aromatic rings. The number of hydrogen-bond acceptors (Lipinski definition) is 5. The molecule has 0 unspecified atom stereocenters. The molecular formula is C23H32N2O5. The first-order chi connectivity index (χ1) is 14.5. The number of primary amides is 1. The summed E-state index contributed by atoms with van der Waals surface area (Å²) in [6, 6.07) is 20.1. The van der Waals surface area contributed by atoms with Crippen molar-refractivity contribution in [2.24, 2.45) is 5.73 Å². The van der Waals surface area contributed by atoms with Gasteiger partial charge in [0.15, 0.2) is 0 Å². The number of ether oxygens (including phenoxy) is 2.